The molecule has 1 aliphatic heterocycles. The lowest BCUT2D eigenvalue weighted by molar-refractivity contribution is -0.0277. The van der Waals surface area contributed by atoms with Crippen molar-refractivity contribution in [2.45, 2.75) is 31.7 Å². The van der Waals surface area contributed by atoms with Crippen LogP contribution in [0.4, 0.5) is 8.78 Å². The second-order valence-electron chi connectivity index (χ2n) is 7.70. The number of ether oxygens (including phenoxy) is 2. The normalized spacial score (nSPS) is 19.4. The van der Waals surface area contributed by atoms with E-state index in [9.17, 15) is 13.9 Å². The van der Waals surface area contributed by atoms with E-state index in [1.54, 1.807) is 13.3 Å². The van der Waals surface area contributed by atoms with Gasteiger partial charge >= 0.3 is 0 Å². The topological polar surface area (TPSA) is 59.8 Å². The summed E-state index contributed by atoms with van der Waals surface area (Å²) in [7, 11) is 1.65. The third-order valence-electron chi connectivity index (χ3n) is 5.37. The van der Waals surface area contributed by atoms with Gasteiger partial charge in [-0.2, -0.15) is 5.10 Å². The molecule has 1 fully saturated rings. The molecule has 4 rings (SSSR count). The van der Waals surface area contributed by atoms with Crippen molar-refractivity contribution in [1.82, 2.24) is 14.7 Å². The van der Waals surface area contributed by atoms with E-state index >= 15 is 0 Å². The highest BCUT2D eigenvalue weighted by Crippen LogP contribution is 2.25. The molecule has 2 aromatic carbocycles. The molecule has 0 unspecified atom stereocenters. The van der Waals surface area contributed by atoms with E-state index in [1.165, 1.54) is 0 Å². The fourth-order valence-electron chi connectivity index (χ4n) is 3.91. The first-order chi connectivity index (χ1) is 15.0. The zero-order valence-electron chi connectivity index (χ0n) is 17.2. The van der Waals surface area contributed by atoms with Crippen molar-refractivity contribution in [3.8, 4) is 11.5 Å². The zero-order chi connectivity index (χ0) is 21.8. The van der Waals surface area contributed by atoms with Crippen molar-refractivity contribution >= 4 is 0 Å². The fourth-order valence-corrected chi connectivity index (χ4v) is 3.91. The third kappa shape index (κ3) is 5.39. The molecule has 1 aliphatic rings. The Morgan fingerprint density at radius 3 is 2.61 bits per heavy atom. The van der Waals surface area contributed by atoms with Crippen LogP contribution in [0.2, 0.25) is 0 Å². The largest absolute Gasteiger partial charge is 0.496 e. The summed E-state index contributed by atoms with van der Waals surface area (Å²) in [6, 6.07) is 11.0. The Morgan fingerprint density at radius 2 is 1.94 bits per heavy atom. The highest BCUT2D eigenvalue weighted by atomic mass is 19.1. The van der Waals surface area contributed by atoms with Gasteiger partial charge in [0.2, 0.25) is 0 Å². The van der Waals surface area contributed by atoms with Gasteiger partial charge in [-0.15, -0.1) is 0 Å². The minimum absolute atomic E-state index is 0.0911. The maximum atomic E-state index is 13.4. The molecule has 0 saturated carbocycles. The van der Waals surface area contributed by atoms with E-state index in [-0.39, 0.29) is 5.75 Å². The summed E-state index contributed by atoms with van der Waals surface area (Å²) in [5, 5.41) is 14.8. The first kappa shape index (κ1) is 21.3. The molecule has 8 heteroatoms. The molecule has 3 aromatic rings. The van der Waals surface area contributed by atoms with Gasteiger partial charge in [0.1, 0.15) is 35.3 Å². The van der Waals surface area contributed by atoms with E-state index in [1.807, 2.05) is 29.1 Å². The van der Waals surface area contributed by atoms with Crippen molar-refractivity contribution in [3.05, 3.63) is 77.6 Å². The molecular formula is C23H25F2N3O3. The number of halogens is 2. The number of piperidine rings is 1. The molecule has 1 saturated heterocycles. The standard InChI is InChI=1S/C23H25F2N3O3/c1-30-22-4-3-16(9-17(22)14-28-7-2-6-26-28)13-27-8-5-23(21(29)15-27)31-20-11-18(24)10-19(25)12-20/h2-4,6-7,9-12,21,23,29H,5,8,13-15H2,1H3/t21-,23-/m1/s1. The van der Waals surface area contributed by atoms with Crippen LogP contribution in [-0.4, -0.2) is 52.2 Å². The monoisotopic (exact) mass is 429 g/mol. The number of likely N-dealkylation sites (tertiary alicyclic amines) is 1. The molecule has 1 N–H and O–H groups in total. The number of aromatic nitrogens is 2. The maximum Gasteiger partial charge on any atom is 0.129 e. The first-order valence-electron chi connectivity index (χ1n) is 10.2. The number of aliphatic hydroxyl groups excluding tert-OH is 1. The van der Waals surface area contributed by atoms with Gasteiger partial charge in [-0.1, -0.05) is 6.07 Å². The second-order valence-corrected chi connectivity index (χ2v) is 7.70. The summed E-state index contributed by atoms with van der Waals surface area (Å²) < 4.78 is 39.7. The lowest BCUT2D eigenvalue weighted by Gasteiger charge is -2.36. The van der Waals surface area contributed by atoms with Gasteiger partial charge in [0.05, 0.1) is 13.7 Å². The molecule has 1 aromatic heterocycles. The average molecular weight is 429 g/mol. The Hall–Kier alpha value is -2.97. The summed E-state index contributed by atoms with van der Waals surface area (Å²) in [4.78, 5) is 2.14. The predicted molar refractivity (Wildman–Crippen MR) is 111 cm³/mol. The van der Waals surface area contributed by atoms with Crippen molar-refractivity contribution in [3.63, 3.8) is 0 Å². The summed E-state index contributed by atoms with van der Waals surface area (Å²) in [6.07, 6.45) is 2.92. The Balaban J connectivity index is 1.38. The van der Waals surface area contributed by atoms with E-state index in [0.29, 0.717) is 32.6 Å². The Kier molecular flexibility index (Phi) is 6.48. The molecule has 0 aliphatic carbocycles. The smallest absolute Gasteiger partial charge is 0.129 e. The lowest BCUT2D eigenvalue weighted by Crippen LogP contribution is -2.48. The van der Waals surface area contributed by atoms with Crippen LogP contribution < -0.4 is 9.47 Å². The van der Waals surface area contributed by atoms with E-state index in [0.717, 1.165) is 35.1 Å². The van der Waals surface area contributed by atoms with Crippen LogP contribution in [0.25, 0.3) is 0 Å². The molecule has 164 valence electrons. The number of hydrogen-bond donors (Lipinski definition) is 1. The minimum atomic E-state index is -0.762. The fraction of sp³-hybridized carbons (Fsp3) is 0.348. The molecule has 0 spiro atoms. The summed E-state index contributed by atoms with van der Waals surface area (Å²) >= 11 is 0. The highest BCUT2D eigenvalue weighted by molar-refractivity contribution is 5.37. The second kappa shape index (κ2) is 9.45. The predicted octanol–water partition coefficient (Wildman–Crippen LogP) is 3.23. The van der Waals surface area contributed by atoms with Crippen molar-refractivity contribution < 1.29 is 23.4 Å². The number of methoxy groups -OCH3 is 1. The van der Waals surface area contributed by atoms with Gasteiger partial charge in [0, 0.05) is 55.8 Å². The molecule has 6 nitrogen and oxygen atoms in total. The lowest BCUT2D eigenvalue weighted by atomic mass is 10.0. The highest BCUT2D eigenvalue weighted by Gasteiger charge is 2.29. The van der Waals surface area contributed by atoms with Crippen LogP contribution in [0.3, 0.4) is 0 Å². The van der Waals surface area contributed by atoms with Crippen LogP contribution in [0.1, 0.15) is 17.5 Å². The van der Waals surface area contributed by atoms with E-state index in [2.05, 4.69) is 16.1 Å². The third-order valence-corrected chi connectivity index (χ3v) is 5.37. The van der Waals surface area contributed by atoms with Gasteiger partial charge in [0.25, 0.3) is 0 Å². The molecule has 0 bridgehead atoms. The quantitative estimate of drug-likeness (QED) is 0.625. The summed E-state index contributed by atoms with van der Waals surface area (Å²) in [6.45, 7) is 2.37. The molecule has 2 heterocycles. The molecule has 0 amide bonds. The first-order valence-corrected chi connectivity index (χ1v) is 10.2. The summed E-state index contributed by atoms with van der Waals surface area (Å²) in [5.74, 6) is -0.512. The van der Waals surface area contributed by atoms with Gasteiger partial charge in [-0.25, -0.2) is 8.78 Å². The van der Waals surface area contributed by atoms with Crippen LogP contribution in [0, 0.1) is 11.6 Å². The van der Waals surface area contributed by atoms with Crippen molar-refractivity contribution in [2.24, 2.45) is 0 Å². The Labute approximate surface area is 179 Å². The number of aliphatic hydroxyl groups is 1. The maximum absolute atomic E-state index is 13.4. The van der Waals surface area contributed by atoms with Crippen molar-refractivity contribution in [2.75, 3.05) is 20.2 Å². The van der Waals surface area contributed by atoms with Crippen LogP contribution >= 0.6 is 0 Å². The molecule has 2 atom stereocenters. The van der Waals surface area contributed by atoms with Crippen LogP contribution in [0.15, 0.2) is 54.9 Å². The number of β-amino-alcohol motifs (C(OH)–C–C–N with tert-alkyl or cyclic N) is 1. The van der Waals surface area contributed by atoms with Gasteiger partial charge < -0.3 is 14.6 Å². The van der Waals surface area contributed by atoms with Gasteiger partial charge in [-0.3, -0.25) is 9.58 Å². The SMILES string of the molecule is COc1ccc(CN2CC[C@@H](Oc3cc(F)cc(F)c3)[C@H](O)C2)cc1Cn1cccn1. The number of hydrogen-bond acceptors (Lipinski definition) is 5. The average Bonchev–Trinajstić information content (AvgIpc) is 3.23. The van der Waals surface area contributed by atoms with Crippen LogP contribution in [0.5, 0.6) is 11.5 Å². The number of benzene rings is 2. The molecule has 31 heavy (non-hydrogen) atoms. The number of nitrogens with zero attached hydrogens (tertiary/aromatic N) is 3. The Bertz CT molecular complexity index is 993. The molecular weight excluding hydrogens is 404 g/mol. The zero-order valence-corrected chi connectivity index (χ0v) is 17.2. The minimum Gasteiger partial charge on any atom is -0.496 e. The van der Waals surface area contributed by atoms with E-state index < -0.39 is 23.8 Å². The molecule has 0 radical (unpaired) electrons. The van der Waals surface area contributed by atoms with E-state index in [4.69, 9.17) is 9.47 Å². The number of rotatable bonds is 7. The van der Waals surface area contributed by atoms with Gasteiger partial charge in [-0.05, 0) is 30.2 Å². The van der Waals surface area contributed by atoms with Gasteiger partial charge in [0.15, 0.2) is 0 Å². The Morgan fingerprint density at radius 1 is 1.13 bits per heavy atom. The van der Waals surface area contributed by atoms with Crippen molar-refractivity contribution in [1.29, 1.82) is 0 Å². The van der Waals surface area contributed by atoms with Crippen LogP contribution in [-0.2, 0) is 13.1 Å². The summed E-state index contributed by atoms with van der Waals surface area (Å²) in [5.41, 5.74) is 2.12.